The van der Waals surface area contributed by atoms with E-state index in [1.165, 1.54) is 45.1 Å². The quantitative estimate of drug-likeness (QED) is 0.447. The minimum atomic E-state index is 0.280. The van der Waals surface area contributed by atoms with Crippen LogP contribution in [-0.2, 0) is 0 Å². The summed E-state index contributed by atoms with van der Waals surface area (Å²) in [5, 5.41) is 3.82. The van der Waals surface area contributed by atoms with Crippen LogP contribution in [-0.4, -0.2) is 12.1 Å². The molecule has 0 amide bonds. The summed E-state index contributed by atoms with van der Waals surface area (Å²) in [6, 6.07) is 0. The molecule has 1 N–H and O–H groups in total. The van der Waals surface area contributed by atoms with Crippen molar-refractivity contribution >= 4 is 0 Å². The highest BCUT2D eigenvalue weighted by Gasteiger charge is 2.25. The molecular formula is C20H43N. The molecule has 0 aromatic carbocycles. The molecule has 0 aliphatic rings. The Morgan fingerprint density at radius 3 is 1.90 bits per heavy atom. The summed E-state index contributed by atoms with van der Waals surface area (Å²) in [7, 11) is 0. The smallest absolute Gasteiger partial charge is 0.0122 e. The molecule has 0 heterocycles. The summed E-state index contributed by atoms with van der Waals surface area (Å²) in [6.45, 7) is 20.1. The van der Waals surface area contributed by atoms with Gasteiger partial charge in [0.1, 0.15) is 0 Å². The Hall–Kier alpha value is -0.0400. The summed E-state index contributed by atoms with van der Waals surface area (Å²) < 4.78 is 0. The standard InChI is InChI=1S/C20H43N/c1-9-13-17(6)18(11-3)14-19(16(5)10-2)15-21-20(7,8)12-4/h16-19,21H,9-15H2,1-8H3. The van der Waals surface area contributed by atoms with Crippen LogP contribution >= 0.6 is 0 Å². The molecule has 0 spiro atoms. The van der Waals surface area contributed by atoms with Crippen molar-refractivity contribution in [1.29, 1.82) is 0 Å². The molecule has 4 atom stereocenters. The Balaban J connectivity index is 4.67. The maximum Gasteiger partial charge on any atom is 0.0122 e. The van der Waals surface area contributed by atoms with Crippen LogP contribution in [0, 0.1) is 23.7 Å². The summed E-state index contributed by atoms with van der Waals surface area (Å²) in [5.74, 6) is 3.43. The van der Waals surface area contributed by atoms with E-state index in [1.54, 1.807) is 0 Å². The van der Waals surface area contributed by atoms with Crippen LogP contribution in [0.25, 0.3) is 0 Å². The van der Waals surface area contributed by atoms with Crippen molar-refractivity contribution in [2.24, 2.45) is 23.7 Å². The molecule has 4 unspecified atom stereocenters. The number of rotatable bonds is 12. The van der Waals surface area contributed by atoms with E-state index < -0.39 is 0 Å². The molecule has 0 radical (unpaired) electrons. The maximum atomic E-state index is 3.82. The minimum absolute atomic E-state index is 0.280. The average molecular weight is 298 g/mol. The van der Waals surface area contributed by atoms with E-state index >= 15 is 0 Å². The van der Waals surface area contributed by atoms with Gasteiger partial charge < -0.3 is 5.32 Å². The number of hydrogen-bond acceptors (Lipinski definition) is 1. The summed E-state index contributed by atoms with van der Waals surface area (Å²) in [5.41, 5.74) is 0.280. The molecule has 0 aromatic heterocycles. The zero-order valence-electron chi connectivity index (χ0n) is 16.3. The molecule has 0 rings (SSSR count). The lowest BCUT2D eigenvalue weighted by Crippen LogP contribution is -2.43. The zero-order chi connectivity index (χ0) is 16.5. The number of nitrogens with one attached hydrogen (secondary N) is 1. The van der Waals surface area contributed by atoms with Gasteiger partial charge in [-0.2, -0.15) is 0 Å². The first kappa shape index (κ1) is 21.0. The van der Waals surface area contributed by atoms with Crippen molar-refractivity contribution in [3.05, 3.63) is 0 Å². The van der Waals surface area contributed by atoms with E-state index in [1.807, 2.05) is 0 Å². The van der Waals surface area contributed by atoms with Crippen molar-refractivity contribution in [3.8, 4) is 0 Å². The first-order valence-electron chi connectivity index (χ1n) is 9.56. The van der Waals surface area contributed by atoms with Gasteiger partial charge in [-0.1, -0.05) is 67.2 Å². The van der Waals surface area contributed by atoms with Gasteiger partial charge in [0.15, 0.2) is 0 Å². The zero-order valence-corrected chi connectivity index (χ0v) is 16.3. The fourth-order valence-corrected chi connectivity index (χ4v) is 3.26. The second-order valence-electron chi connectivity index (χ2n) is 7.93. The molecule has 21 heavy (non-hydrogen) atoms. The van der Waals surface area contributed by atoms with Crippen LogP contribution in [0.15, 0.2) is 0 Å². The third-order valence-corrected chi connectivity index (χ3v) is 5.85. The normalized spacial score (nSPS) is 18.3. The van der Waals surface area contributed by atoms with Crippen LogP contribution in [0.5, 0.6) is 0 Å². The van der Waals surface area contributed by atoms with E-state index in [4.69, 9.17) is 0 Å². The lowest BCUT2D eigenvalue weighted by molar-refractivity contribution is 0.198. The molecule has 1 heteroatoms. The largest absolute Gasteiger partial charge is 0.312 e. The second kappa shape index (κ2) is 10.6. The predicted octanol–water partition coefficient (Wildman–Crippen LogP) is 6.28. The highest BCUT2D eigenvalue weighted by atomic mass is 15.0. The van der Waals surface area contributed by atoms with Gasteiger partial charge in [0, 0.05) is 5.54 Å². The Bertz CT molecular complexity index is 246. The lowest BCUT2D eigenvalue weighted by atomic mass is 9.77. The second-order valence-corrected chi connectivity index (χ2v) is 7.93. The van der Waals surface area contributed by atoms with Crippen molar-refractivity contribution < 1.29 is 0 Å². The summed E-state index contributed by atoms with van der Waals surface area (Å²) in [6.07, 6.45) is 7.96. The van der Waals surface area contributed by atoms with Gasteiger partial charge in [-0.25, -0.2) is 0 Å². The van der Waals surface area contributed by atoms with E-state index in [2.05, 4.69) is 60.7 Å². The monoisotopic (exact) mass is 297 g/mol. The number of hydrogen-bond donors (Lipinski definition) is 1. The highest BCUT2D eigenvalue weighted by Crippen LogP contribution is 2.31. The summed E-state index contributed by atoms with van der Waals surface area (Å²) in [4.78, 5) is 0. The fraction of sp³-hybridized carbons (Fsp3) is 1.00. The molecule has 0 bridgehead atoms. The lowest BCUT2D eigenvalue weighted by Gasteiger charge is -2.34. The fourth-order valence-electron chi connectivity index (χ4n) is 3.26. The molecule has 128 valence electrons. The van der Waals surface area contributed by atoms with Crippen LogP contribution in [0.4, 0.5) is 0 Å². The molecule has 0 aromatic rings. The molecule has 1 nitrogen and oxygen atoms in total. The van der Waals surface area contributed by atoms with Gasteiger partial charge in [-0.05, 0) is 56.9 Å². The Kier molecular flexibility index (Phi) is 10.6. The van der Waals surface area contributed by atoms with E-state index in [-0.39, 0.29) is 5.54 Å². The third-order valence-electron chi connectivity index (χ3n) is 5.85. The van der Waals surface area contributed by atoms with E-state index in [0.29, 0.717) is 0 Å². The molecule has 0 saturated heterocycles. The van der Waals surface area contributed by atoms with Crippen molar-refractivity contribution in [2.75, 3.05) is 6.54 Å². The van der Waals surface area contributed by atoms with Crippen molar-refractivity contribution in [1.82, 2.24) is 5.32 Å². The van der Waals surface area contributed by atoms with Crippen molar-refractivity contribution in [3.63, 3.8) is 0 Å². The molecule has 0 fully saturated rings. The molecule has 0 aliphatic heterocycles. The van der Waals surface area contributed by atoms with Crippen molar-refractivity contribution in [2.45, 2.75) is 99.5 Å². The van der Waals surface area contributed by atoms with Gasteiger partial charge in [0.2, 0.25) is 0 Å². The first-order valence-corrected chi connectivity index (χ1v) is 9.56. The predicted molar refractivity (Wildman–Crippen MR) is 97.8 cm³/mol. The van der Waals surface area contributed by atoms with Crippen LogP contribution < -0.4 is 5.32 Å². The summed E-state index contributed by atoms with van der Waals surface area (Å²) >= 11 is 0. The van der Waals surface area contributed by atoms with Gasteiger partial charge in [0.05, 0.1) is 0 Å². The molecule has 0 saturated carbocycles. The van der Waals surface area contributed by atoms with Crippen LogP contribution in [0.2, 0.25) is 0 Å². The van der Waals surface area contributed by atoms with Crippen LogP contribution in [0.3, 0.4) is 0 Å². The molecule has 0 aliphatic carbocycles. The van der Waals surface area contributed by atoms with Gasteiger partial charge in [-0.3, -0.25) is 0 Å². The SMILES string of the molecule is CCCC(C)C(CC)CC(CNC(C)(C)CC)C(C)CC. The van der Waals surface area contributed by atoms with Gasteiger partial charge >= 0.3 is 0 Å². The maximum absolute atomic E-state index is 3.82. The van der Waals surface area contributed by atoms with Gasteiger partial charge in [0.25, 0.3) is 0 Å². The highest BCUT2D eigenvalue weighted by molar-refractivity contribution is 4.80. The first-order chi connectivity index (χ1) is 9.81. The topological polar surface area (TPSA) is 12.0 Å². The van der Waals surface area contributed by atoms with E-state index in [0.717, 1.165) is 23.7 Å². The van der Waals surface area contributed by atoms with Gasteiger partial charge in [-0.15, -0.1) is 0 Å². The van der Waals surface area contributed by atoms with E-state index in [9.17, 15) is 0 Å². The Morgan fingerprint density at radius 2 is 1.48 bits per heavy atom. The molecular weight excluding hydrogens is 254 g/mol. The Morgan fingerprint density at radius 1 is 0.857 bits per heavy atom. The third kappa shape index (κ3) is 8.24. The van der Waals surface area contributed by atoms with Crippen LogP contribution in [0.1, 0.15) is 93.9 Å². The Labute approximate surface area is 135 Å². The minimum Gasteiger partial charge on any atom is -0.312 e. The average Bonchev–Trinajstić information content (AvgIpc) is 2.46.